The van der Waals surface area contributed by atoms with Gasteiger partial charge in [-0.3, -0.25) is 0 Å². The molecular formula is C19H22BrNO4. The summed E-state index contributed by atoms with van der Waals surface area (Å²) in [6.07, 6.45) is 0.930. The van der Waals surface area contributed by atoms with E-state index in [1.807, 2.05) is 24.3 Å². The van der Waals surface area contributed by atoms with E-state index < -0.39 is 5.97 Å². The molecule has 0 heterocycles. The van der Waals surface area contributed by atoms with Gasteiger partial charge in [0.05, 0.1) is 23.8 Å². The maximum absolute atomic E-state index is 10.9. The van der Waals surface area contributed by atoms with Crippen molar-refractivity contribution in [2.75, 3.05) is 13.7 Å². The van der Waals surface area contributed by atoms with Gasteiger partial charge in [0.15, 0.2) is 11.5 Å². The normalized spacial score (nSPS) is 10.5. The maximum Gasteiger partial charge on any atom is 0.335 e. The number of rotatable bonds is 9. The van der Waals surface area contributed by atoms with Crippen molar-refractivity contribution < 1.29 is 19.4 Å². The average Bonchev–Trinajstić information content (AvgIpc) is 2.61. The van der Waals surface area contributed by atoms with E-state index in [0.29, 0.717) is 31.0 Å². The van der Waals surface area contributed by atoms with E-state index >= 15 is 0 Å². The zero-order valence-electron chi connectivity index (χ0n) is 14.3. The van der Waals surface area contributed by atoms with Crippen LogP contribution >= 0.6 is 15.9 Å². The highest BCUT2D eigenvalue weighted by Crippen LogP contribution is 2.36. The van der Waals surface area contributed by atoms with Crippen molar-refractivity contribution in [1.29, 1.82) is 0 Å². The predicted octanol–water partition coefficient (Wildman–Crippen LogP) is 4.23. The van der Waals surface area contributed by atoms with E-state index in [4.69, 9.17) is 14.6 Å². The van der Waals surface area contributed by atoms with Crippen molar-refractivity contribution in [2.24, 2.45) is 0 Å². The first-order valence-electron chi connectivity index (χ1n) is 8.07. The molecule has 0 bridgehead atoms. The lowest BCUT2D eigenvalue weighted by atomic mass is 10.1. The van der Waals surface area contributed by atoms with E-state index in [2.05, 4.69) is 28.2 Å². The third kappa shape index (κ3) is 5.47. The van der Waals surface area contributed by atoms with Crippen LogP contribution < -0.4 is 14.8 Å². The van der Waals surface area contributed by atoms with Crippen LogP contribution in [0, 0.1) is 0 Å². The van der Waals surface area contributed by atoms with Gasteiger partial charge in [-0.15, -0.1) is 0 Å². The second-order valence-corrected chi connectivity index (χ2v) is 6.42. The van der Waals surface area contributed by atoms with Crippen molar-refractivity contribution in [3.8, 4) is 11.5 Å². The number of methoxy groups -OCH3 is 1. The Bertz CT molecular complexity index is 716. The first kappa shape index (κ1) is 19.3. The third-order valence-electron chi connectivity index (χ3n) is 3.60. The number of halogens is 1. The lowest BCUT2D eigenvalue weighted by molar-refractivity contribution is 0.0697. The fourth-order valence-electron chi connectivity index (χ4n) is 2.34. The number of nitrogens with one attached hydrogen (secondary N) is 1. The molecule has 0 atom stereocenters. The highest BCUT2D eigenvalue weighted by Gasteiger charge is 2.11. The molecule has 0 fully saturated rings. The Morgan fingerprint density at radius 3 is 2.44 bits per heavy atom. The van der Waals surface area contributed by atoms with E-state index in [-0.39, 0.29) is 0 Å². The Kier molecular flexibility index (Phi) is 7.28. The fraction of sp³-hybridized carbons (Fsp3) is 0.316. The van der Waals surface area contributed by atoms with E-state index in [1.54, 1.807) is 19.2 Å². The Balaban J connectivity index is 1.98. The van der Waals surface area contributed by atoms with Crippen molar-refractivity contribution in [3.63, 3.8) is 0 Å². The number of benzene rings is 2. The van der Waals surface area contributed by atoms with Crippen LogP contribution in [-0.2, 0) is 13.1 Å². The van der Waals surface area contributed by atoms with Gasteiger partial charge in [-0.05, 0) is 57.7 Å². The van der Waals surface area contributed by atoms with Gasteiger partial charge in [0.25, 0.3) is 0 Å². The Morgan fingerprint density at radius 1 is 1.16 bits per heavy atom. The summed E-state index contributed by atoms with van der Waals surface area (Å²) in [5.41, 5.74) is 2.38. The molecule has 0 aliphatic rings. The summed E-state index contributed by atoms with van der Waals surface area (Å²) in [7, 11) is 1.63. The minimum Gasteiger partial charge on any atom is -0.493 e. The summed E-state index contributed by atoms with van der Waals surface area (Å²) >= 11 is 3.54. The monoisotopic (exact) mass is 407 g/mol. The molecule has 0 spiro atoms. The molecule has 2 N–H and O–H groups in total. The van der Waals surface area contributed by atoms with E-state index in [1.165, 1.54) is 0 Å². The molecule has 0 saturated heterocycles. The average molecular weight is 408 g/mol. The van der Waals surface area contributed by atoms with Crippen molar-refractivity contribution in [3.05, 3.63) is 57.6 Å². The van der Waals surface area contributed by atoms with Crippen LogP contribution in [0.25, 0.3) is 0 Å². The lowest BCUT2D eigenvalue weighted by Gasteiger charge is -2.14. The summed E-state index contributed by atoms with van der Waals surface area (Å²) in [5, 5.41) is 12.3. The topological polar surface area (TPSA) is 67.8 Å². The van der Waals surface area contributed by atoms with Gasteiger partial charge < -0.3 is 19.9 Å². The minimum atomic E-state index is -0.915. The SMILES string of the molecule is CCCOc1c(Br)cc(CNCc2ccc(C(=O)O)cc2)cc1OC. The smallest absolute Gasteiger partial charge is 0.335 e. The number of aromatic carboxylic acids is 1. The Morgan fingerprint density at radius 2 is 1.84 bits per heavy atom. The number of hydrogen-bond donors (Lipinski definition) is 2. The zero-order chi connectivity index (χ0) is 18.2. The standard InChI is InChI=1S/C19H22BrNO4/c1-3-8-25-18-16(20)9-14(10-17(18)24-2)12-21-11-13-4-6-15(7-5-13)19(22)23/h4-7,9-10,21H,3,8,11-12H2,1-2H3,(H,22,23). The van der Waals surface area contributed by atoms with Gasteiger partial charge in [-0.25, -0.2) is 4.79 Å². The minimum absolute atomic E-state index is 0.292. The summed E-state index contributed by atoms with van der Waals surface area (Å²) < 4.78 is 12.0. The summed E-state index contributed by atoms with van der Waals surface area (Å²) in [6, 6.07) is 10.8. The highest BCUT2D eigenvalue weighted by molar-refractivity contribution is 9.10. The highest BCUT2D eigenvalue weighted by atomic mass is 79.9. The molecule has 0 aliphatic heterocycles. The van der Waals surface area contributed by atoms with E-state index in [0.717, 1.165) is 27.8 Å². The van der Waals surface area contributed by atoms with Gasteiger partial charge in [-0.2, -0.15) is 0 Å². The van der Waals surface area contributed by atoms with Gasteiger partial charge in [0, 0.05) is 13.1 Å². The Labute approximate surface area is 156 Å². The van der Waals surface area contributed by atoms with E-state index in [9.17, 15) is 4.79 Å². The predicted molar refractivity (Wildman–Crippen MR) is 100 cm³/mol. The molecule has 0 aliphatic carbocycles. The van der Waals surface area contributed by atoms with Crippen LogP contribution in [0.1, 0.15) is 34.8 Å². The van der Waals surface area contributed by atoms with Gasteiger partial charge in [0.2, 0.25) is 0 Å². The molecule has 2 aromatic rings. The molecule has 0 saturated carbocycles. The number of hydrogen-bond acceptors (Lipinski definition) is 4. The molecule has 6 heteroatoms. The number of ether oxygens (including phenoxy) is 2. The second-order valence-electron chi connectivity index (χ2n) is 5.56. The lowest BCUT2D eigenvalue weighted by Crippen LogP contribution is -2.13. The number of carbonyl (C=O) groups is 1. The second kappa shape index (κ2) is 9.44. The number of carboxylic acid groups (broad SMARTS) is 1. The van der Waals surface area contributed by atoms with Crippen LogP contribution in [0.2, 0.25) is 0 Å². The third-order valence-corrected chi connectivity index (χ3v) is 4.19. The summed E-state index contributed by atoms with van der Waals surface area (Å²) in [6.45, 7) is 4.00. The molecule has 2 rings (SSSR count). The van der Waals surface area contributed by atoms with Crippen LogP contribution in [0.4, 0.5) is 0 Å². The molecule has 25 heavy (non-hydrogen) atoms. The van der Waals surface area contributed by atoms with Gasteiger partial charge >= 0.3 is 5.97 Å². The quantitative estimate of drug-likeness (QED) is 0.650. The molecular weight excluding hydrogens is 386 g/mol. The van der Waals surface area contributed by atoms with Gasteiger partial charge in [0.1, 0.15) is 0 Å². The van der Waals surface area contributed by atoms with Crippen LogP contribution in [0.5, 0.6) is 11.5 Å². The first-order chi connectivity index (χ1) is 12.0. The summed E-state index contributed by atoms with van der Waals surface area (Å²) in [4.78, 5) is 10.9. The van der Waals surface area contributed by atoms with Crippen LogP contribution in [0.3, 0.4) is 0 Å². The van der Waals surface area contributed by atoms with Crippen molar-refractivity contribution >= 4 is 21.9 Å². The molecule has 5 nitrogen and oxygen atoms in total. The Hall–Kier alpha value is -2.05. The van der Waals surface area contributed by atoms with Crippen molar-refractivity contribution in [2.45, 2.75) is 26.4 Å². The molecule has 0 unspecified atom stereocenters. The first-order valence-corrected chi connectivity index (χ1v) is 8.86. The maximum atomic E-state index is 10.9. The molecule has 2 aromatic carbocycles. The molecule has 134 valence electrons. The fourth-order valence-corrected chi connectivity index (χ4v) is 2.94. The summed E-state index contributed by atoms with van der Waals surface area (Å²) in [5.74, 6) is 0.504. The number of carboxylic acids is 1. The zero-order valence-corrected chi connectivity index (χ0v) is 15.9. The van der Waals surface area contributed by atoms with Crippen LogP contribution in [0.15, 0.2) is 40.9 Å². The largest absolute Gasteiger partial charge is 0.493 e. The molecule has 0 aromatic heterocycles. The van der Waals surface area contributed by atoms with Crippen molar-refractivity contribution in [1.82, 2.24) is 5.32 Å². The van der Waals surface area contributed by atoms with Crippen LogP contribution in [-0.4, -0.2) is 24.8 Å². The van der Waals surface area contributed by atoms with Gasteiger partial charge in [-0.1, -0.05) is 19.1 Å². The molecule has 0 amide bonds. The molecule has 0 radical (unpaired) electrons.